The third-order valence-corrected chi connectivity index (χ3v) is 2.45. The van der Waals surface area contributed by atoms with Crippen LogP contribution in [0.15, 0.2) is 29.3 Å². The first-order valence-corrected chi connectivity index (χ1v) is 5.19. The van der Waals surface area contributed by atoms with Crippen molar-refractivity contribution in [2.24, 2.45) is 5.73 Å². The third-order valence-electron chi connectivity index (χ3n) is 1.52. The number of carbonyl (C=O) groups is 1. The Balaban J connectivity index is 2.22. The quantitative estimate of drug-likeness (QED) is 0.609. The standard InChI is InChI=1S/C10H13NO2S/c1-8(11)7-10(12)13-5-4-9-3-2-6-14-9/h2-3,6-7H,4-5,11H2,1H3/b8-7-. The largest absolute Gasteiger partial charge is 0.462 e. The lowest BCUT2D eigenvalue weighted by atomic mass is 10.4. The first kappa shape index (κ1) is 10.8. The second-order valence-electron chi connectivity index (χ2n) is 2.89. The van der Waals surface area contributed by atoms with Crippen molar-refractivity contribution in [3.63, 3.8) is 0 Å². The maximum Gasteiger partial charge on any atom is 0.332 e. The zero-order valence-corrected chi connectivity index (χ0v) is 8.84. The average Bonchev–Trinajstić information content (AvgIpc) is 2.55. The minimum atomic E-state index is -0.374. The van der Waals surface area contributed by atoms with Crippen LogP contribution in [0.25, 0.3) is 0 Å². The Bertz CT molecular complexity index is 313. The number of hydrogen-bond acceptors (Lipinski definition) is 4. The molecular weight excluding hydrogens is 198 g/mol. The summed E-state index contributed by atoms with van der Waals surface area (Å²) in [4.78, 5) is 12.2. The molecule has 0 aliphatic carbocycles. The van der Waals surface area contributed by atoms with Gasteiger partial charge < -0.3 is 10.5 Å². The molecule has 0 radical (unpaired) electrons. The molecular formula is C10H13NO2S. The summed E-state index contributed by atoms with van der Waals surface area (Å²) in [7, 11) is 0. The minimum Gasteiger partial charge on any atom is -0.462 e. The van der Waals surface area contributed by atoms with Crippen LogP contribution in [0.3, 0.4) is 0 Å². The highest BCUT2D eigenvalue weighted by Gasteiger charge is 1.99. The molecule has 0 unspecified atom stereocenters. The van der Waals surface area contributed by atoms with E-state index in [1.54, 1.807) is 18.3 Å². The zero-order chi connectivity index (χ0) is 10.4. The Labute approximate surface area is 87.2 Å². The van der Waals surface area contributed by atoms with Gasteiger partial charge in [-0.2, -0.15) is 0 Å². The summed E-state index contributed by atoms with van der Waals surface area (Å²) in [6, 6.07) is 3.99. The van der Waals surface area contributed by atoms with Crippen molar-refractivity contribution < 1.29 is 9.53 Å². The highest BCUT2D eigenvalue weighted by molar-refractivity contribution is 7.09. The molecule has 0 amide bonds. The number of thiophene rings is 1. The van der Waals surface area contributed by atoms with Gasteiger partial charge in [-0.15, -0.1) is 11.3 Å². The van der Waals surface area contributed by atoms with E-state index < -0.39 is 0 Å². The van der Waals surface area contributed by atoms with Gasteiger partial charge >= 0.3 is 5.97 Å². The second kappa shape index (κ2) is 5.44. The molecule has 0 saturated carbocycles. The number of rotatable bonds is 4. The predicted molar refractivity (Wildman–Crippen MR) is 56.9 cm³/mol. The Morgan fingerprint density at radius 3 is 3.07 bits per heavy atom. The van der Waals surface area contributed by atoms with Crippen molar-refractivity contribution in [2.75, 3.05) is 6.61 Å². The molecule has 4 heteroatoms. The molecule has 1 rings (SSSR count). The molecule has 2 N–H and O–H groups in total. The summed E-state index contributed by atoms with van der Waals surface area (Å²) in [5.41, 5.74) is 5.79. The molecule has 3 nitrogen and oxygen atoms in total. The van der Waals surface area contributed by atoms with Crippen molar-refractivity contribution in [3.8, 4) is 0 Å². The van der Waals surface area contributed by atoms with Gasteiger partial charge in [-0.3, -0.25) is 0 Å². The van der Waals surface area contributed by atoms with Crippen molar-refractivity contribution in [3.05, 3.63) is 34.2 Å². The fraction of sp³-hybridized carbons (Fsp3) is 0.300. The van der Waals surface area contributed by atoms with Gasteiger partial charge in [-0.1, -0.05) is 6.07 Å². The van der Waals surface area contributed by atoms with Crippen molar-refractivity contribution in [1.82, 2.24) is 0 Å². The number of ether oxygens (including phenoxy) is 1. The summed E-state index contributed by atoms with van der Waals surface area (Å²) in [5, 5.41) is 2.00. The molecule has 0 aliphatic rings. The Morgan fingerprint density at radius 1 is 1.71 bits per heavy atom. The van der Waals surface area contributed by atoms with E-state index in [9.17, 15) is 4.79 Å². The molecule has 0 aliphatic heterocycles. The molecule has 1 aromatic rings. The lowest BCUT2D eigenvalue weighted by Crippen LogP contribution is -2.06. The highest BCUT2D eigenvalue weighted by atomic mass is 32.1. The van der Waals surface area contributed by atoms with Crippen LogP contribution in [0, 0.1) is 0 Å². The fourth-order valence-corrected chi connectivity index (χ4v) is 1.62. The van der Waals surface area contributed by atoms with Crippen molar-refractivity contribution >= 4 is 17.3 Å². The first-order chi connectivity index (χ1) is 6.68. The molecule has 0 fully saturated rings. The van der Waals surface area contributed by atoms with Gasteiger partial charge in [0.2, 0.25) is 0 Å². The van der Waals surface area contributed by atoms with Crippen LogP contribution in [-0.2, 0) is 16.0 Å². The van der Waals surface area contributed by atoms with E-state index in [1.165, 1.54) is 11.0 Å². The maximum absolute atomic E-state index is 11.0. The normalized spacial score (nSPS) is 11.4. The van der Waals surface area contributed by atoms with Crippen LogP contribution in [0.5, 0.6) is 0 Å². The number of nitrogens with two attached hydrogens (primary N) is 1. The second-order valence-corrected chi connectivity index (χ2v) is 3.92. The van der Waals surface area contributed by atoms with E-state index in [-0.39, 0.29) is 5.97 Å². The van der Waals surface area contributed by atoms with Gasteiger partial charge in [-0.05, 0) is 18.4 Å². The van der Waals surface area contributed by atoms with Gasteiger partial charge in [0.25, 0.3) is 0 Å². The van der Waals surface area contributed by atoms with Crippen molar-refractivity contribution in [2.45, 2.75) is 13.3 Å². The number of carbonyl (C=O) groups excluding carboxylic acids is 1. The number of hydrogen-bond donors (Lipinski definition) is 1. The predicted octanol–water partition coefficient (Wildman–Crippen LogP) is 1.70. The van der Waals surface area contributed by atoms with Gasteiger partial charge in [-0.25, -0.2) is 4.79 Å². The van der Waals surface area contributed by atoms with E-state index in [0.717, 1.165) is 6.42 Å². The van der Waals surface area contributed by atoms with Crippen LogP contribution in [0.1, 0.15) is 11.8 Å². The van der Waals surface area contributed by atoms with Crippen LogP contribution < -0.4 is 5.73 Å². The summed E-state index contributed by atoms with van der Waals surface area (Å²) in [6.45, 7) is 2.06. The smallest absolute Gasteiger partial charge is 0.332 e. The topological polar surface area (TPSA) is 52.3 Å². The SMILES string of the molecule is C/C(N)=C/C(=O)OCCc1cccs1. The van der Waals surface area contributed by atoms with Crippen LogP contribution in [0.2, 0.25) is 0 Å². The lowest BCUT2D eigenvalue weighted by molar-refractivity contribution is -0.137. The molecule has 76 valence electrons. The molecule has 14 heavy (non-hydrogen) atoms. The summed E-state index contributed by atoms with van der Waals surface area (Å²) < 4.78 is 4.94. The molecule has 0 spiro atoms. The van der Waals surface area contributed by atoms with Crippen LogP contribution in [-0.4, -0.2) is 12.6 Å². The third kappa shape index (κ3) is 4.09. The van der Waals surface area contributed by atoms with Gasteiger partial charge in [0.05, 0.1) is 6.61 Å². The average molecular weight is 211 g/mol. The van der Waals surface area contributed by atoms with E-state index in [2.05, 4.69) is 0 Å². The Hall–Kier alpha value is -1.29. The van der Waals surface area contributed by atoms with E-state index in [4.69, 9.17) is 10.5 Å². The molecule has 1 aromatic heterocycles. The van der Waals surface area contributed by atoms with E-state index in [1.807, 2.05) is 17.5 Å². The monoisotopic (exact) mass is 211 g/mol. The highest BCUT2D eigenvalue weighted by Crippen LogP contribution is 2.08. The summed E-state index contributed by atoms with van der Waals surface area (Å²) >= 11 is 1.66. The van der Waals surface area contributed by atoms with E-state index in [0.29, 0.717) is 12.3 Å². The van der Waals surface area contributed by atoms with Crippen LogP contribution in [0.4, 0.5) is 0 Å². The first-order valence-electron chi connectivity index (χ1n) is 4.31. The Morgan fingerprint density at radius 2 is 2.50 bits per heavy atom. The van der Waals surface area contributed by atoms with Crippen molar-refractivity contribution in [1.29, 1.82) is 0 Å². The fourth-order valence-electron chi connectivity index (χ4n) is 0.935. The van der Waals surface area contributed by atoms with Gasteiger partial charge in [0.15, 0.2) is 0 Å². The number of esters is 1. The Kier molecular flexibility index (Phi) is 4.19. The summed E-state index contributed by atoms with van der Waals surface area (Å²) in [5.74, 6) is -0.374. The molecule has 1 heterocycles. The van der Waals surface area contributed by atoms with Crippen LogP contribution >= 0.6 is 11.3 Å². The van der Waals surface area contributed by atoms with Gasteiger partial charge in [0, 0.05) is 23.1 Å². The summed E-state index contributed by atoms with van der Waals surface area (Å²) in [6.07, 6.45) is 2.05. The molecule has 0 bridgehead atoms. The number of allylic oxidation sites excluding steroid dienone is 1. The van der Waals surface area contributed by atoms with Gasteiger partial charge in [0.1, 0.15) is 0 Å². The molecule has 0 saturated heterocycles. The minimum absolute atomic E-state index is 0.374. The zero-order valence-electron chi connectivity index (χ0n) is 8.03. The molecule has 0 atom stereocenters. The molecule has 0 aromatic carbocycles. The lowest BCUT2D eigenvalue weighted by Gasteiger charge is -2.00. The van der Waals surface area contributed by atoms with E-state index >= 15 is 0 Å². The maximum atomic E-state index is 11.0.